The van der Waals surface area contributed by atoms with Crippen molar-refractivity contribution >= 4 is 39.4 Å². The van der Waals surface area contributed by atoms with Gasteiger partial charge in [-0.25, -0.2) is 4.79 Å². The molecule has 0 aromatic heterocycles. The molecule has 0 unspecified atom stereocenters. The van der Waals surface area contributed by atoms with Crippen LogP contribution in [0.25, 0.3) is 0 Å². The summed E-state index contributed by atoms with van der Waals surface area (Å²) in [6, 6.07) is 0. The highest BCUT2D eigenvalue weighted by Crippen LogP contribution is 2.27. The molecule has 1 rings (SSSR count). The van der Waals surface area contributed by atoms with Gasteiger partial charge in [0.1, 0.15) is 12.2 Å². The van der Waals surface area contributed by atoms with Crippen molar-refractivity contribution in [3.05, 3.63) is 70.8 Å². The van der Waals surface area contributed by atoms with Crippen LogP contribution in [0.4, 0.5) is 0 Å². The number of carbonyl (C=O) groups excluding carboxylic acids is 3. The van der Waals surface area contributed by atoms with E-state index in [4.69, 9.17) is 9.84 Å². The highest BCUT2D eigenvalue weighted by molar-refractivity contribution is 9.11. The van der Waals surface area contributed by atoms with E-state index >= 15 is 0 Å². The first-order valence-electron chi connectivity index (χ1n) is 14.2. The van der Waals surface area contributed by atoms with Crippen molar-refractivity contribution in [3.8, 4) is 0 Å². The molecule has 43 heavy (non-hydrogen) atoms. The van der Waals surface area contributed by atoms with E-state index in [0.717, 1.165) is 5.57 Å². The normalized spacial score (nSPS) is 23.1. The summed E-state index contributed by atoms with van der Waals surface area (Å²) in [7, 11) is 0. The molecule has 0 aromatic carbocycles. The number of esters is 1. The van der Waals surface area contributed by atoms with Gasteiger partial charge in [-0.1, -0.05) is 84.0 Å². The van der Waals surface area contributed by atoms with Crippen LogP contribution in [0.3, 0.4) is 0 Å². The number of aliphatic hydroxyl groups excluding tert-OH is 4. The molecule has 7 atom stereocenters. The molecule has 1 aliphatic carbocycles. The fourth-order valence-electron chi connectivity index (χ4n) is 4.16. The molecule has 1 aliphatic rings. The van der Waals surface area contributed by atoms with Gasteiger partial charge in [0.15, 0.2) is 11.6 Å². The van der Waals surface area contributed by atoms with Crippen molar-refractivity contribution in [3.63, 3.8) is 0 Å². The largest absolute Gasteiger partial charge is 0.481 e. The van der Waals surface area contributed by atoms with Gasteiger partial charge in [0.05, 0.1) is 24.2 Å². The third kappa shape index (κ3) is 14.9. The molecule has 10 nitrogen and oxygen atoms in total. The molecule has 1 saturated carbocycles. The molecule has 0 saturated heterocycles. The number of hydrogen-bond acceptors (Lipinski definition) is 9. The van der Waals surface area contributed by atoms with Crippen LogP contribution in [0.5, 0.6) is 0 Å². The first-order valence-corrected chi connectivity index (χ1v) is 15.0. The predicted molar refractivity (Wildman–Crippen MR) is 165 cm³/mol. The Morgan fingerprint density at radius 1 is 0.953 bits per heavy atom. The first-order chi connectivity index (χ1) is 20.3. The molecular weight excluding hydrogens is 624 g/mol. The third-order valence-corrected chi connectivity index (χ3v) is 7.80. The number of aliphatic carboxylic acids is 1. The van der Waals surface area contributed by atoms with Gasteiger partial charge in [-0.3, -0.25) is 14.4 Å². The topological polar surface area (TPSA) is 179 Å². The third-order valence-electron chi connectivity index (χ3n) is 6.82. The summed E-state index contributed by atoms with van der Waals surface area (Å²) in [5.74, 6) is -4.02. The SMILES string of the molecule is CC/C=C/C(=O)C[C@H](O)CC(=O)[C@@H](O)[C@H](O)[C@H](C)/C(Br)=C/C=C/C=C(C)/C=C/C=C/C(=O)O[C@@H]1C[C@@H](C(=O)O)CC[C@@H]1O. The van der Waals surface area contributed by atoms with E-state index in [-0.39, 0.29) is 25.0 Å². The number of aliphatic hydroxyl groups is 4. The lowest BCUT2D eigenvalue weighted by molar-refractivity contribution is -0.159. The number of halogens is 1. The van der Waals surface area contributed by atoms with E-state index in [2.05, 4.69) is 15.9 Å². The Hall–Kier alpha value is -2.96. The summed E-state index contributed by atoms with van der Waals surface area (Å²) in [5.41, 5.74) is 0.835. The Morgan fingerprint density at radius 3 is 2.26 bits per heavy atom. The molecular formula is C32H43BrO10. The standard InChI is InChI=1S/C32H43BrO10/c1-4-5-12-23(34)18-24(35)19-27(37)31(40)30(39)21(3)25(33)13-8-6-10-20(2)11-7-9-14-29(38)43-28-17-22(32(41)42)15-16-26(28)36/h5-14,21-22,24,26,28,30-31,35-36,39-40H,4,15-19H2,1-3H3,(H,41,42)/b8-6+,11-7+,12-5+,14-9+,20-10+,25-13-/t21-,22+,24+,26+,28-,30-,31-/m1/s1. The maximum Gasteiger partial charge on any atom is 0.331 e. The molecule has 0 spiro atoms. The summed E-state index contributed by atoms with van der Waals surface area (Å²) in [5, 5.41) is 49.9. The number of carboxylic acid groups (broad SMARTS) is 1. The molecule has 0 aliphatic heterocycles. The van der Waals surface area contributed by atoms with Crippen molar-refractivity contribution in [1.82, 2.24) is 0 Å². The van der Waals surface area contributed by atoms with Crippen LogP contribution in [-0.2, 0) is 23.9 Å². The van der Waals surface area contributed by atoms with Gasteiger partial charge in [0.2, 0.25) is 0 Å². The second-order valence-corrected chi connectivity index (χ2v) is 11.4. The van der Waals surface area contributed by atoms with Crippen LogP contribution < -0.4 is 0 Å². The van der Waals surface area contributed by atoms with E-state index in [0.29, 0.717) is 17.3 Å². The number of ether oxygens (including phenoxy) is 1. The quantitative estimate of drug-likeness (QED) is 0.0874. The van der Waals surface area contributed by atoms with Crippen molar-refractivity contribution in [2.24, 2.45) is 11.8 Å². The smallest absolute Gasteiger partial charge is 0.331 e. The number of ketones is 2. The van der Waals surface area contributed by atoms with Gasteiger partial charge in [-0.2, -0.15) is 0 Å². The van der Waals surface area contributed by atoms with Crippen LogP contribution in [0, 0.1) is 11.8 Å². The van der Waals surface area contributed by atoms with Gasteiger partial charge >= 0.3 is 11.9 Å². The zero-order valence-corrected chi connectivity index (χ0v) is 26.3. The van der Waals surface area contributed by atoms with E-state index in [1.54, 1.807) is 49.5 Å². The summed E-state index contributed by atoms with van der Waals surface area (Å²) in [6.45, 7) is 5.30. The highest BCUT2D eigenvalue weighted by atomic mass is 79.9. The summed E-state index contributed by atoms with van der Waals surface area (Å²) >= 11 is 3.34. The molecule has 0 aromatic rings. The van der Waals surface area contributed by atoms with Crippen molar-refractivity contribution in [2.75, 3.05) is 0 Å². The van der Waals surface area contributed by atoms with E-state index < -0.39 is 66.5 Å². The minimum Gasteiger partial charge on any atom is -0.481 e. The lowest BCUT2D eigenvalue weighted by Gasteiger charge is -2.30. The van der Waals surface area contributed by atoms with E-state index in [9.17, 15) is 39.6 Å². The Labute approximate surface area is 261 Å². The van der Waals surface area contributed by atoms with Crippen molar-refractivity contribution < 1.29 is 49.4 Å². The Morgan fingerprint density at radius 2 is 1.60 bits per heavy atom. The fraction of sp³-hybridized carbons (Fsp3) is 0.500. The van der Waals surface area contributed by atoms with E-state index in [1.807, 2.05) is 13.8 Å². The van der Waals surface area contributed by atoms with Gasteiger partial charge < -0.3 is 30.3 Å². The lowest BCUT2D eigenvalue weighted by Crippen LogP contribution is -2.40. The summed E-state index contributed by atoms with van der Waals surface area (Å²) < 4.78 is 5.73. The monoisotopic (exact) mass is 666 g/mol. The first kappa shape index (κ1) is 38.1. The summed E-state index contributed by atoms with van der Waals surface area (Å²) in [4.78, 5) is 47.2. The Bertz CT molecular complexity index is 1130. The molecule has 0 heterocycles. The van der Waals surface area contributed by atoms with Crippen LogP contribution in [-0.4, -0.2) is 79.6 Å². The second-order valence-electron chi connectivity index (χ2n) is 10.5. The van der Waals surface area contributed by atoms with E-state index in [1.165, 1.54) is 18.2 Å². The van der Waals surface area contributed by atoms with Crippen molar-refractivity contribution in [2.45, 2.75) is 89.8 Å². The van der Waals surface area contributed by atoms with Gasteiger partial charge in [0, 0.05) is 35.7 Å². The van der Waals surface area contributed by atoms with Crippen LogP contribution in [0.1, 0.15) is 59.3 Å². The zero-order valence-electron chi connectivity index (χ0n) is 24.7. The average molecular weight is 668 g/mol. The molecule has 0 amide bonds. The van der Waals surface area contributed by atoms with Crippen LogP contribution >= 0.6 is 15.9 Å². The predicted octanol–water partition coefficient (Wildman–Crippen LogP) is 3.64. The number of allylic oxidation sites excluding steroid dienone is 10. The Kier molecular flexibility index (Phi) is 17.8. The number of carboxylic acids is 1. The molecule has 11 heteroatoms. The molecule has 0 bridgehead atoms. The number of carbonyl (C=O) groups is 4. The number of rotatable bonds is 17. The number of hydrogen-bond donors (Lipinski definition) is 5. The van der Waals surface area contributed by atoms with Crippen molar-refractivity contribution in [1.29, 1.82) is 0 Å². The van der Waals surface area contributed by atoms with Gasteiger partial charge in [-0.15, -0.1) is 0 Å². The second kappa shape index (κ2) is 20.1. The fourth-order valence-corrected chi connectivity index (χ4v) is 4.58. The minimum atomic E-state index is -1.73. The van der Waals surface area contributed by atoms with Crippen LogP contribution in [0.15, 0.2) is 70.8 Å². The lowest BCUT2D eigenvalue weighted by atomic mass is 9.85. The Balaban J connectivity index is 2.57. The molecule has 1 fully saturated rings. The highest BCUT2D eigenvalue weighted by Gasteiger charge is 2.35. The maximum atomic E-state index is 12.3. The molecule has 5 N–H and O–H groups in total. The molecule has 0 radical (unpaired) electrons. The summed E-state index contributed by atoms with van der Waals surface area (Å²) in [6.07, 6.45) is 10.3. The molecule has 238 valence electrons. The van der Waals surface area contributed by atoms with Crippen LogP contribution in [0.2, 0.25) is 0 Å². The zero-order chi connectivity index (χ0) is 32.5. The maximum absolute atomic E-state index is 12.3. The minimum absolute atomic E-state index is 0.0752. The number of Topliss-reactive ketones (excluding diaryl/α,β-unsaturated/α-hetero) is 1. The van der Waals surface area contributed by atoms with Gasteiger partial charge in [-0.05, 0) is 32.3 Å². The average Bonchev–Trinajstić information content (AvgIpc) is 2.95. The van der Waals surface area contributed by atoms with Gasteiger partial charge in [0.25, 0.3) is 0 Å².